The van der Waals surface area contributed by atoms with E-state index < -0.39 is 5.92 Å². The number of amides is 1. The third-order valence-electron chi connectivity index (χ3n) is 5.14. The molecule has 4 heterocycles. The Morgan fingerprint density at radius 2 is 2.10 bits per heavy atom. The van der Waals surface area contributed by atoms with Crippen LogP contribution in [0, 0.1) is 6.92 Å². The van der Waals surface area contributed by atoms with Gasteiger partial charge in [-0.1, -0.05) is 0 Å². The largest absolute Gasteiger partial charge is 0.493 e. The van der Waals surface area contributed by atoms with Crippen molar-refractivity contribution in [1.29, 1.82) is 0 Å². The summed E-state index contributed by atoms with van der Waals surface area (Å²) in [6.07, 6.45) is 8.43. The molecular formula is C21H19N7O3. The van der Waals surface area contributed by atoms with Crippen LogP contribution in [-0.2, 0) is 11.3 Å². The van der Waals surface area contributed by atoms with Crippen LogP contribution in [0.3, 0.4) is 0 Å². The normalized spacial score (nSPS) is 15.0. The maximum Gasteiger partial charge on any atom is 0.239 e. The average Bonchev–Trinajstić information content (AvgIpc) is 3.39. The van der Waals surface area contributed by atoms with Crippen LogP contribution in [0.25, 0.3) is 10.9 Å². The van der Waals surface area contributed by atoms with Crippen molar-refractivity contribution in [2.75, 3.05) is 19.0 Å². The monoisotopic (exact) mass is 417 g/mol. The minimum absolute atomic E-state index is 0.200. The number of rotatable bonds is 6. The molecule has 1 aliphatic rings. The van der Waals surface area contributed by atoms with Gasteiger partial charge in [-0.25, -0.2) is 24.9 Å². The van der Waals surface area contributed by atoms with E-state index in [1.54, 1.807) is 44.9 Å². The molecule has 1 atom stereocenters. The summed E-state index contributed by atoms with van der Waals surface area (Å²) in [6, 6.07) is 3.60. The van der Waals surface area contributed by atoms with Gasteiger partial charge in [-0.2, -0.15) is 0 Å². The number of hydrogen-bond acceptors (Lipinski definition) is 8. The van der Waals surface area contributed by atoms with Crippen molar-refractivity contribution in [1.82, 2.24) is 29.5 Å². The number of aromatic nitrogens is 6. The molecule has 31 heavy (non-hydrogen) atoms. The number of nitrogens with one attached hydrogen (secondary N) is 1. The highest BCUT2D eigenvalue weighted by molar-refractivity contribution is 6.05. The number of ether oxygens (including phenoxy) is 2. The van der Waals surface area contributed by atoms with Crippen LogP contribution in [0.15, 0.2) is 43.4 Å². The van der Waals surface area contributed by atoms with Crippen molar-refractivity contribution in [2.24, 2.45) is 0 Å². The molecule has 0 aliphatic carbocycles. The maximum absolute atomic E-state index is 12.8. The quantitative estimate of drug-likeness (QED) is 0.507. The summed E-state index contributed by atoms with van der Waals surface area (Å²) in [4.78, 5) is 34.2. The Bertz CT molecular complexity index is 1270. The molecule has 1 unspecified atom stereocenters. The van der Waals surface area contributed by atoms with Crippen molar-refractivity contribution >= 4 is 22.6 Å². The molecule has 4 aromatic rings. The van der Waals surface area contributed by atoms with Crippen molar-refractivity contribution in [3.8, 4) is 11.5 Å². The lowest BCUT2D eigenvalue weighted by molar-refractivity contribution is -0.116. The molecule has 3 aromatic heterocycles. The van der Waals surface area contributed by atoms with Gasteiger partial charge in [0.1, 0.15) is 30.5 Å². The number of imidazole rings is 1. The Morgan fingerprint density at radius 3 is 2.90 bits per heavy atom. The minimum atomic E-state index is -0.626. The molecule has 0 fully saturated rings. The van der Waals surface area contributed by atoms with Gasteiger partial charge in [0.15, 0.2) is 11.5 Å². The molecule has 0 spiro atoms. The van der Waals surface area contributed by atoms with E-state index in [9.17, 15) is 4.79 Å². The van der Waals surface area contributed by atoms with Gasteiger partial charge in [-0.3, -0.25) is 4.79 Å². The smallest absolute Gasteiger partial charge is 0.239 e. The first kappa shape index (κ1) is 18.9. The standard InChI is InChI=1S/C21H19N7O3/c1-12-23-9-14-18(21(29)27-20(14)26-12)19-13-7-16(30-2)17(8-15(13)24-10-25-19)31-6-5-28-4-3-22-11-28/h3-4,7-11,18H,5-6H2,1-2H3,(H,23,26,27,29). The van der Waals surface area contributed by atoms with Crippen LogP contribution in [-0.4, -0.2) is 49.1 Å². The van der Waals surface area contributed by atoms with Gasteiger partial charge in [-0.05, 0) is 13.0 Å². The van der Waals surface area contributed by atoms with Gasteiger partial charge < -0.3 is 19.4 Å². The molecule has 0 saturated heterocycles. The first-order valence-electron chi connectivity index (χ1n) is 9.69. The van der Waals surface area contributed by atoms with E-state index in [1.165, 1.54) is 6.33 Å². The number of carbonyl (C=O) groups excluding carboxylic acids is 1. The molecule has 1 aliphatic heterocycles. The number of hydrogen-bond donors (Lipinski definition) is 1. The summed E-state index contributed by atoms with van der Waals surface area (Å²) in [5, 5.41) is 3.52. The average molecular weight is 417 g/mol. The van der Waals surface area contributed by atoms with Crippen molar-refractivity contribution < 1.29 is 14.3 Å². The topological polar surface area (TPSA) is 117 Å². The van der Waals surface area contributed by atoms with Gasteiger partial charge in [0, 0.05) is 35.6 Å². The van der Waals surface area contributed by atoms with Crippen LogP contribution < -0.4 is 14.8 Å². The molecule has 1 N–H and O–H groups in total. The first-order valence-corrected chi connectivity index (χ1v) is 9.69. The fourth-order valence-corrected chi connectivity index (χ4v) is 3.66. The second-order valence-electron chi connectivity index (χ2n) is 7.07. The minimum Gasteiger partial charge on any atom is -0.493 e. The van der Waals surface area contributed by atoms with Crippen LogP contribution in [0.2, 0.25) is 0 Å². The number of methoxy groups -OCH3 is 1. The predicted octanol–water partition coefficient (Wildman–Crippen LogP) is 2.10. The van der Waals surface area contributed by atoms with E-state index in [1.807, 2.05) is 10.8 Å². The molecule has 0 saturated carbocycles. The molecular weight excluding hydrogens is 398 g/mol. The Hall–Kier alpha value is -4.08. The van der Waals surface area contributed by atoms with Crippen LogP contribution >= 0.6 is 0 Å². The first-order chi connectivity index (χ1) is 15.1. The lowest BCUT2D eigenvalue weighted by Crippen LogP contribution is -2.15. The maximum atomic E-state index is 12.8. The van der Waals surface area contributed by atoms with E-state index in [4.69, 9.17) is 9.47 Å². The van der Waals surface area contributed by atoms with E-state index in [0.717, 1.165) is 0 Å². The second-order valence-corrected chi connectivity index (χ2v) is 7.07. The zero-order valence-corrected chi connectivity index (χ0v) is 16.9. The van der Waals surface area contributed by atoms with Crippen LogP contribution in [0.5, 0.6) is 11.5 Å². The van der Waals surface area contributed by atoms with Gasteiger partial charge in [0.2, 0.25) is 5.91 Å². The Morgan fingerprint density at radius 1 is 1.19 bits per heavy atom. The summed E-state index contributed by atoms with van der Waals surface area (Å²) in [5.41, 5.74) is 1.91. The van der Waals surface area contributed by atoms with E-state index >= 15 is 0 Å². The molecule has 10 nitrogen and oxygen atoms in total. The fourth-order valence-electron chi connectivity index (χ4n) is 3.66. The Labute approximate surface area is 177 Å². The van der Waals surface area contributed by atoms with Gasteiger partial charge in [-0.15, -0.1) is 0 Å². The van der Waals surface area contributed by atoms with Crippen molar-refractivity contribution in [3.63, 3.8) is 0 Å². The van der Waals surface area contributed by atoms with Gasteiger partial charge in [0.05, 0.1) is 31.2 Å². The molecule has 156 valence electrons. The molecule has 1 aromatic carbocycles. The molecule has 10 heteroatoms. The van der Waals surface area contributed by atoms with Crippen molar-refractivity contribution in [3.05, 3.63) is 60.5 Å². The van der Waals surface area contributed by atoms with Gasteiger partial charge >= 0.3 is 0 Å². The Balaban J connectivity index is 1.52. The van der Waals surface area contributed by atoms with E-state index in [0.29, 0.717) is 58.5 Å². The molecule has 1 amide bonds. The Kier molecular flexibility index (Phi) is 4.66. The summed E-state index contributed by atoms with van der Waals surface area (Å²) in [7, 11) is 1.57. The number of fused-ring (bicyclic) bond motifs is 2. The number of aryl methyl sites for hydroxylation is 1. The lowest BCUT2D eigenvalue weighted by Gasteiger charge is -2.15. The number of carbonyl (C=O) groups is 1. The van der Waals surface area contributed by atoms with E-state index in [-0.39, 0.29) is 5.91 Å². The molecule has 5 rings (SSSR count). The highest BCUT2D eigenvalue weighted by atomic mass is 16.5. The van der Waals surface area contributed by atoms with Gasteiger partial charge in [0.25, 0.3) is 0 Å². The SMILES string of the molecule is COc1cc2c(C3C(=O)Nc4nc(C)ncc43)ncnc2cc1OCCn1ccnc1. The highest BCUT2D eigenvalue weighted by Crippen LogP contribution is 2.39. The van der Waals surface area contributed by atoms with Crippen molar-refractivity contribution in [2.45, 2.75) is 19.4 Å². The fraction of sp³-hybridized carbons (Fsp3) is 0.238. The highest BCUT2D eigenvalue weighted by Gasteiger charge is 2.36. The third-order valence-corrected chi connectivity index (χ3v) is 5.14. The lowest BCUT2D eigenvalue weighted by atomic mass is 9.96. The zero-order chi connectivity index (χ0) is 21.4. The number of nitrogens with zero attached hydrogens (tertiary/aromatic N) is 6. The third kappa shape index (κ3) is 3.41. The second kappa shape index (κ2) is 7.63. The summed E-state index contributed by atoms with van der Waals surface area (Å²) in [6.45, 7) is 2.86. The summed E-state index contributed by atoms with van der Waals surface area (Å²) >= 11 is 0. The molecule has 0 radical (unpaired) electrons. The summed E-state index contributed by atoms with van der Waals surface area (Å²) < 4.78 is 13.4. The van der Waals surface area contributed by atoms with Crippen LogP contribution in [0.4, 0.5) is 5.82 Å². The summed E-state index contributed by atoms with van der Waals surface area (Å²) in [5.74, 6) is 1.38. The van der Waals surface area contributed by atoms with E-state index in [2.05, 4.69) is 30.2 Å². The molecule has 0 bridgehead atoms. The number of anilines is 1. The zero-order valence-electron chi connectivity index (χ0n) is 16.9. The predicted molar refractivity (Wildman–Crippen MR) is 111 cm³/mol. The van der Waals surface area contributed by atoms with Crippen LogP contribution in [0.1, 0.15) is 23.0 Å². The number of benzene rings is 1.